The van der Waals surface area contributed by atoms with Crippen LogP contribution in [0.5, 0.6) is 0 Å². The zero-order valence-corrected chi connectivity index (χ0v) is 15.1. The van der Waals surface area contributed by atoms with Crippen LogP contribution in [0.15, 0.2) is 42.5 Å². The van der Waals surface area contributed by atoms with Crippen LogP contribution in [-0.4, -0.2) is 27.1 Å². The van der Waals surface area contributed by atoms with Crippen molar-refractivity contribution in [3.63, 3.8) is 0 Å². The molecular weight excluding hydrogens is 326 g/mol. The van der Waals surface area contributed by atoms with Gasteiger partial charge in [-0.25, -0.2) is 4.98 Å². The minimum absolute atomic E-state index is 0.0482. The molecule has 3 aromatic rings. The van der Waals surface area contributed by atoms with Crippen LogP contribution < -0.4 is 5.32 Å². The van der Waals surface area contributed by atoms with Gasteiger partial charge in [-0.05, 0) is 30.0 Å². The molecule has 1 aliphatic rings. The van der Waals surface area contributed by atoms with Gasteiger partial charge < -0.3 is 15.0 Å². The predicted octanol–water partition coefficient (Wildman–Crippen LogP) is 3.53. The Labute approximate surface area is 152 Å². The number of nitrogens with zero attached hydrogens (tertiary/aromatic N) is 2. The Balaban J connectivity index is 1.76. The van der Waals surface area contributed by atoms with Crippen LogP contribution in [0, 0.1) is 5.92 Å². The van der Waals surface area contributed by atoms with E-state index in [1.807, 2.05) is 42.5 Å². The molecule has 1 amide bonds. The van der Waals surface area contributed by atoms with E-state index in [1.54, 1.807) is 0 Å². The monoisotopic (exact) mass is 349 g/mol. The van der Waals surface area contributed by atoms with Crippen molar-refractivity contribution < 1.29 is 9.90 Å². The van der Waals surface area contributed by atoms with Gasteiger partial charge in [-0.1, -0.05) is 44.2 Å². The molecule has 0 aliphatic carbocycles. The van der Waals surface area contributed by atoms with E-state index in [-0.39, 0.29) is 5.91 Å². The molecule has 5 nitrogen and oxygen atoms in total. The molecule has 5 heteroatoms. The lowest BCUT2D eigenvalue weighted by atomic mass is 9.98. The smallest absolute Gasteiger partial charge is 0.253 e. The molecule has 0 saturated heterocycles. The number of benzene rings is 2. The minimum Gasteiger partial charge on any atom is -0.388 e. The molecule has 2 N–H and O–H groups in total. The molecule has 0 bridgehead atoms. The van der Waals surface area contributed by atoms with Crippen molar-refractivity contribution in [3.8, 4) is 11.4 Å². The number of amides is 1. The van der Waals surface area contributed by atoms with Gasteiger partial charge >= 0.3 is 0 Å². The van der Waals surface area contributed by atoms with Crippen molar-refractivity contribution in [2.75, 3.05) is 6.54 Å². The Morgan fingerprint density at radius 1 is 1.19 bits per heavy atom. The zero-order chi connectivity index (χ0) is 18.3. The van der Waals surface area contributed by atoms with Crippen molar-refractivity contribution in [3.05, 3.63) is 53.6 Å². The van der Waals surface area contributed by atoms with Crippen LogP contribution in [0.25, 0.3) is 22.4 Å². The fourth-order valence-corrected chi connectivity index (χ4v) is 3.62. The number of para-hydroxylation sites is 1. The van der Waals surface area contributed by atoms with E-state index in [2.05, 4.69) is 23.7 Å². The van der Waals surface area contributed by atoms with E-state index < -0.39 is 6.10 Å². The number of hydrogen-bond acceptors (Lipinski definition) is 3. The quantitative estimate of drug-likeness (QED) is 0.757. The van der Waals surface area contributed by atoms with Crippen molar-refractivity contribution in [2.45, 2.75) is 32.9 Å². The van der Waals surface area contributed by atoms with Crippen molar-refractivity contribution >= 4 is 16.9 Å². The Bertz CT molecular complexity index is 957. The van der Waals surface area contributed by atoms with Crippen LogP contribution in [0.3, 0.4) is 0 Å². The van der Waals surface area contributed by atoms with Gasteiger partial charge in [0.2, 0.25) is 0 Å². The molecule has 26 heavy (non-hydrogen) atoms. The highest BCUT2D eigenvalue weighted by molar-refractivity contribution is 6.06. The summed E-state index contributed by atoms with van der Waals surface area (Å²) in [5.41, 5.74) is 4.30. The molecule has 1 aromatic heterocycles. The molecule has 0 radical (unpaired) electrons. The van der Waals surface area contributed by atoms with E-state index >= 15 is 0 Å². The van der Waals surface area contributed by atoms with Crippen LogP contribution in [0.2, 0.25) is 0 Å². The maximum Gasteiger partial charge on any atom is 0.253 e. The standard InChI is InChI=1S/C21H23N3O2/c1-13(2)12-18(25)14-6-8-15(9-7-14)20-23-17-5-3-4-16-19(17)24(20)11-10-22-21(16)26/h3-9,13,18,25H,10-12H2,1-2H3,(H,22,26). The van der Waals surface area contributed by atoms with Crippen LogP contribution >= 0.6 is 0 Å². The molecule has 4 rings (SSSR count). The van der Waals surface area contributed by atoms with E-state index in [9.17, 15) is 9.90 Å². The summed E-state index contributed by atoms with van der Waals surface area (Å²) in [5, 5.41) is 13.3. The Morgan fingerprint density at radius 2 is 1.96 bits per heavy atom. The number of hydrogen-bond donors (Lipinski definition) is 2. The summed E-state index contributed by atoms with van der Waals surface area (Å²) in [7, 11) is 0. The Morgan fingerprint density at radius 3 is 2.69 bits per heavy atom. The highest BCUT2D eigenvalue weighted by atomic mass is 16.3. The fourth-order valence-electron chi connectivity index (χ4n) is 3.62. The fraction of sp³-hybridized carbons (Fsp3) is 0.333. The number of nitrogens with one attached hydrogen (secondary N) is 1. The second kappa shape index (κ2) is 6.57. The van der Waals surface area contributed by atoms with Gasteiger partial charge in [0.15, 0.2) is 0 Å². The highest BCUT2D eigenvalue weighted by Crippen LogP contribution is 2.30. The first kappa shape index (κ1) is 16.8. The van der Waals surface area contributed by atoms with Gasteiger partial charge in [0.25, 0.3) is 5.91 Å². The topological polar surface area (TPSA) is 67.2 Å². The number of aliphatic hydroxyl groups excluding tert-OH is 1. The molecule has 134 valence electrons. The molecular formula is C21H23N3O2. The first-order valence-electron chi connectivity index (χ1n) is 9.10. The third kappa shape index (κ3) is 2.88. The first-order chi connectivity index (χ1) is 12.5. The van der Waals surface area contributed by atoms with Gasteiger partial charge in [-0.3, -0.25) is 4.79 Å². The molecule has 0 saturated carbocycles. The van der Waals surface area contributed by atoms with Crippen molar-refractivity contribution in [1.82, 2.24) is 14.9 Å². The number of carbonyl (C=O) groups is 1. The maximum atomic E-state index is 12.3. The molecule has 2 aromatic carbocycles. The third-order valence-electron chi connectivity index (χ3n) is 4.88. The van der Waals surface area contributed by atoms with Gasteiger partial charge in [0.05, 0.1) is 22.7 Å². The second-order valence-corrected chi connectivity index (χ2v) is 7.28. The summed E-state index contributed by atoms with van der Waals surface area (Å²) in [6.45, 7) is 5.48. The van der Waals surface area contributed by atoms with Gasteiger partial charge in [-0.15, -0.1) is 0 Å². The number of aliphatic hydroxyl groups is 1. The summed E-state index contributed by atoms with van der Waals surface area (Å²) in [5.74, 6) is 1.25. The summed E-state index contributed by atoms with van der Waals surface area (Å²) >= 11 is 0. The molecule has 1 unspecified atom stereocenters. The van der Waals surface area contributed by atoms with Crippen LogP contribution in [0.4, 0.5) is 0 Å². The average molecular weight is 349 g/mol. The highest BCUT2D eigenvalue weighted by Gasteiger charge is 2.21. The zero-order valence-electron chi connectivity index (χ0n) is 15.1. The minimum atomic E-state index is -0.446. The number of aromatic nitrogens is 2. The second-order valence-electron chi connectivity index (χ2n) is 7.28. The normalized spacial score (nSPS) is 15.2. The lowest BCUT2D eigenvalue weighted by Crippen LogP contribution is -2.24. The molecule has 2 heterocycles. The van der Waals surface area contributed by atoms with Gasteiger partial charge in [0.1, 0.15) is 5.82 Å². The van der Waals surface area contributed by atoms with E-state index in [0.717, 1.165) is 34.4 Å². The number of carbonyl (C=O) groups excluding carboxylic acids is 1. The van der Waals surface area contributed by atoms with E-state index in [0.29, 0.717) is 24.6 Å². The summed E-state index contributed by atoms with van der Waals surface area (Å²) in [6.07, 6.45) is 0.299. The molecule has 0 spiro atoms. The number of imidazole rings is 1. The molecule has 1 atom stereocenters. The largest absolute Gasteiger partial charge is 0.388 e. The molecule has 0 fully saturated rings. The van der Waals surface area contributed by atoms with E-state index in [1.165, 1.54) is 0 Å². The van der Waals surface area contributed by atoms with Crippen molar-refractivity contribution in [2.24, 2.45) is 5.92 Å². The first-order valence-corrected chi connectivity index (χ1v) is 9.10. The van der Waals surface area contributed by atoms with Crippen LogP contribution in [0.1, 0.15) is 42.3 Å². The van der Waals surface area contributed by atoms with Gasteiger partial charge in [0, 0.05) is 18.7 Å². The average Bonchev–Trinajstić information content (AvgIpc) is 2.90. The lowest BCUT2D eigenvalue weighted by molar-refractivity contribution is 0.0956. The third-order valence-corrected chi connectivity index (χ3v) is 4.88. The Kier molecular flexibility index (Phi) is 4.24. The maximum absolute atomic E-state index is 12.3. The Hall–Kier alpha value is -2.66. The SMILES string of the molecule is CC(C)CC(O)c1ccc(-c2nc3cccc4c3n2CCNC4=O)cc1. The van der Waals surface area contributed by atoms with Gasteiger partial charge in [-0.2, -0.15) is 0 Å². The summed E-state index contributed by atoms with van der Waals surface area (Å²) < 4.78 is 2.11. The van der Waals surface area contributed by atoms with Crippen molar-refractivity contribution in [1.29, 1.82) is 0 Å². The summed E-state index contributed by atoms with van der Waals surface area (Å²) in [4.78, 5) is 17.0. The van der Waals surface area contributed by atoms with Crippen LogP contribution in [-0.2, 0) is 6.54 Å². The molecule has 1 aliphatic heterocycles. The summed E-state index contributed by atoms with van der Waals surface area (Å²) in [6, 6.07) is 13.6. The van der Waals surface area contributed by atoms with E-state index in [4.69, 9.17) is 4.98 Å². The lowest BCUT2D eigenvalue weighted by Gasteiger charge is -2.14. The predicted molar refractivity (Wildman–Crippen MR) is 102 cm³/mol. The number of rotatable bonds is 4.